The number of amides is 3. The molecular formula is C34H23N7Na2O10S2. The summed E-state index contributed by atoms with van der Waals surface area (Å²) in [5.41, 5.74) is 4.71. The molecule has 6 rings (SSSR count). The SMILES string of the molecule is NC(=O)Nc1ccc2c([O-])c(N=Nc3ccc(C(=O)Nc4ccc5c([O-])c(N=Nc6ccccc6)c(S(=O)(=O)O)cc5c4)cc3)c(S(=O)(=O)O)cc2c1.[Na+].[Na+]. The van der Waals surface area contributed by atoms with Crippen molar-refractivity contribution in [3.05, 3.63) is 109 Å². The van der Waals surface area contributed by atoms with Crippen molar-refractivity contribution in [1.82, 2.24) is 0 Å². The zero-order chi connectivity index (χ0) is 38.1. The summed E-state index contributed by atoms with van der Waals surface area (Å²) < 4.78 is 68.4. The number of nitrogens with one attached hydrogen (secondary N) is 2. The molecule has 268 valence electrons. The van der Waals surface area contributed by atoms with Gasteiger partial charge in [-0.3, -0.25) is 13.9 Å². The molecule has 21 heteroatoms. The Labute approximate surface area is 356 Å². The van der Waals surface area contributed by atoms with Gasteiger partial charge in [0.05, 0.1) is 22.7 Å². The molecule has 0 heterocycles. The van der Waals surface area contributed by atoms with Crippen LogP contribution in [0.1, 0.15) is 10.4 Å². The summed E-state index contributed by atoms with van der Waals surface area (Å²) >= 11 is 0. The number of rotatable bonds is 9. The van der Waals surface area contributed by atoms with Gasteiger partial charge in [-0.05, 0) is 94.3 Å². The van der Waals surface area contributed by atoms with Crippen LogP contribution in [0.25, 0.3) is 21.5 Å². The average molecular weight is 800 g/mol. The van der Waals surface area contributed by atoms with Crippen LogP contribution in [0.4, 0.5) is 38.9 Å². The molecule has 0 bridgehead atoms. The third-order valence-electron chi connectivity index (χ3n) is 7.56. The van der Waals surface area contributed by atoms with Crippen LogP contribution in [-0.4, -0.2) is 37.9 Å². The second kappa shape index (κ2) is 17.3. The average Bonchev–Trinajstić information content (AvgIpc) is 3.10. The first-order valence-electron chi connectivity index (χ1n) is 15.0. The maximum absolute atomic E-state index is 13.2. The predicted molar refractivity (Wildman–Crippen MR) is 189 cm³/mol. The molecule has 0 aromatic heterocycles. The summed E-state index contributed by atoms with van der Waals surface area (Å²) in [6.07, 6.45) is 0. The number of nitrogens with two attached hydrogens (primary N) is 1. The van der Waals surface area contributed by atoms with Gasteiger partial charge in [0, 0.05) is 16.9 Å². The molecule has 0 unspecified atom stereocenters. The number of hydrogen-bond acceptors (Lipinski definition) is 12. The molecule has 0 radical (unpaired) electrons. The minimum Gasteiger partial charge on any atom is -0.871 e. The summed E-state index contributed by atoms with van der Waals surface area (Å²) in [6, 6.07) is 22.8. The van der Waals surface area contributed by atoms with E-state index in [-0.39, 0.29) is 103 Å². The van der Waals surface area contributed by atoms with Gasteiger partial charge in [0.2, 0.25) is 0 Å². The van der Waals surface area contributed by atoms with Crippen molar-refractivity contribution in [3.63, 3.8) is 0 Å². The normalized spacial score (nSPS) is 11.7. The van der Waals surface area contributed by atoms with E-state index in [1.807, 2.05) is 0 Å². The summed E-state index contributed by atoms with van der Waals surface area (Å²) in [5.74, 6) is -2.33. The van der Waals surface area contributed by atoms with Crippen LogP contribution >= 0.6 is 0 Å². The molecule has 0 spiro atoms. The molecule has 17 nitrogen and oxygen atoms in total. The van der Waals surface area contributed by atoms with E-state index in [1.54, 1.807) is 30.3 Å². The van der Waals surface area contributed by atoms with E-state index >= 15 is 0 Å². The smallest absolute Gasteiger partial charge is 0.871 e. The number of carbonyl (C=O) groups is 2. The van der Waals surface area contributed by atoms with E-state index in [0.717, 1.165) is 12.1 Å². The van der Waals surface area contributed by atoms with Crippen molar-refractivity contribution >= 4 is 87.8 Å². The van der Waals surface area contributed by atoms with E-state index in [0.29, 0.717) is 5.69 Å². The van der Waals surface area contributed by atoms with Crippen LogP contribution in [-0.2, 0) is 20.2 Å². The van der Waals surface area contributed by atoms with Gasteiger partial charge >= 0.3 is 65.1 Å². The molecule has 6 N–H and O–H groups in total. The van der Waals surface area contributed by atoms with Crippen molar-refractivity contribution in [2.24, 2.45) is 26.2 Å². The molecule has 3 amide bonds. The van der Waals surface area contributed by atoms with Crippen molar-refractivity contribution in [2.45, 2.75) is 9.79 Å². The van der Waals surface area contributed by atoms with Crippen molar-refractivity contribution < 1.29 is 105 Å². The van der Waals surface area contributed by atoms with Gasteiger partial charge in [0.1, 0.15) is 9.79 Å². The van der Waals surface area contributed by atoms with E-state index < -0.39 is 64.8 Å². The molecule has 55 heavy (non-hydrogen) atoms. The number of nitrogens with zero attached hydrogens (tertiary/aromatic N) is 4. The van der Waals surface area contributed by atoms with Gasteiger partial charge in [-0.2, -0.15) is 27.1 Å². The zero-order valence-corrected chi connectivity index (χ0v) is 34.3. The van der Waals surface area contributed by atoms with Gasteiger partial charge < -0.3 is 26.6 Å². The fourth-order valence-electron chi connectivity index (χ4n) is 5.15. The van der Waals surface area contributed by atoms with Gasteiger partial charge in [-0.15, -0.1) is 10.2 Å². The largest absolute Gasteiger partial charge is 1.00 e. The Bertz CT molecular complexity index is 2750. The minimum absolute atomic E-state index is 0. The van der Waals surface area contributed by atoms with Crippen molar-refractivity contribution in [3.8, 4) is 11.5 Å². The maximum atomic E-state index is 13.2. The number of anilines is 2. The molecule has 0 aliphatic carbocycles. The number of azo groups is 2. The molecule has 0 atom stereocenters. The standard InChI is InChI=1S/C34H25N7O10S2.2Na/c35-34(45)37-24-11-13-26-20(15-24)17-28(53(49,50)51)30(32(26)43)41-39-22-8-6-18(7-9-22)33(44)36-23-10-12-25-19(14-23)16-27(52(46,47)48)29(31(25)42)40-38-21-4-2-1-3-5-21;;/h1-17,42-43H,(H,36,44)(H3,35,37,45)(H,46,47,48)(H,49,50,51);;/q;2*+1/p-2. The number of benzene rings is 6. The second-order valence-corrected chi connectivity index (χ2v) is 13.9. The quantitative estimate of drug-likeness (QED) is 0.0753. The molecule has 6 aromatic carbocycles. The number of hydrogen-bond donors (Lipinski definition) is 5. The number of urea groups is 1. The number of primary amides is 1. The molecule has 0 saturated carbocycles. The predicted octanol–water partition coefficient (Wildman–Crippen LogP) is 0.215. The Hall–Kier alpha value is -4.80. The van der Waals surface area contributed by atoms with Crippen LogP contribution in [0.15, 0.2) is 133 Å². The summed E-state index contributed by atoms with van der Waals surface area (Å²) in [6.45, 7) is 0. The van der Waals surface area contributed by atoms with E-state index in [9.17, 15) is 45.7 Å². The van der Waals surface area contributed by atoms with Crippen LogP contribution in [0, 0.1) is 0 Å². The van der Waals surface area contributed by atoms with E-state index in [4.69, 9.17) is 5.73 Å². The van der Waals surface area contributed by atoms with Crippen molar-refractivity contribution in [1.29, 1.82) is 0 Å². The summed E-state index contributed by atoms with van der Waals surface area (Å²) in [5, 5.41) is 46.9. The van der Waals surface area contributed by atoms with Crippen LogP contribution in [0.3, 0.4) is 0 Å². The maximum Gasteiger partial charge on any atom is 1.00 e. The molecule has 0 saturated heterocycles. The van der Waals surface area contributed by atoms with Crippen LogP contribution < -0.4 is 85.7 Å². The molecule has 6 aromatic rings. The first-order chi connectivity index (χ1) is 25.1. The van der Waals surface area contributed by atoms with Crippen molar-refractivity contribution in [2.75, 3.05) is 10.6 Å². The fourth-order valence-corrected chi connectivity index (χ4v) is 6.46. The van der Waals surface area contributed by atoms with Gasteiger partial charge in [0.25, 0.3) is 26.1 Å². The third kappa shape index (κ3) is 9.90. The number of carbonyl (C=O) groups excluding carboxylic acids is 2. The van der Waals surface area contributed by atoms with Gasteiger partial charge in [-0.1, -0.05) is 41.8 Å². The molecule has 0 aliphatic heterocycles. The Morgan fingerprint density at radius 2 is 1.02 bits per heavy atom. The Balaban J connectivity index is 0.00000336. The van der Waals surface area contributed by atoms with Crippen LogP contribution in [0.2, 0.25) is 0 Å². The molecular weight excluding hydrogens is 777 g/mol. The van der Waals surface area contributed by atoms with Crippen LogP contribution in [0.5, 0.6) is 11.5 Å². The number of fused-ring (bicyclic) bond motifs is 2. The molecule has 0 fully saturated rings. The van der Waals surface area contributed by atoms with Gasteiger partial charge in [0.15, 0.2) is 0 Å². The van der Waals surface area contributed by atoms with Gasteiger partial charge in [-0.25, -0.2) is 4.79 Å². The van der Waals surface area contributed by atoms with E-state index in [1.165, 1.54) is 60.7 Å². The topological polar surface area (TPSA) is 289 Å². The Kier molecular flexibility index (Phi) is 13.5. The Morgan fingerprint density at radius 1 is 0.582 bits per heavy atom. The second-order valence-electron chi connectivity index (χ2n) is 11.2. The fraction of sp³-hybridized carbons (Fsp3) is 0. The molecule has 0 aliphatic rings. The van der Waals surface area contributed by atoms with E-state index in [2.05, 4.69) is 31.1 Å². The summed E-state index contributed by atoms with van der Waals surface area (Å²) in [4.78, 5) is 22.6. The monoisotopic (exact) mass is 799 g/mol. The Morgan fingerprint density at radius 3 is 1.45 bits per heavy atom. The first kappa shape index (κ1) is 42.9. The first-order valence-corrected chi connectivity index (χ1v) is 17.8. The zero-order valence-electron chi connectivity index (χ0n) is 28.7. The summed E-state index contributed by atoms with van der Waals surface area (Å²) in [7, 11) is -9.88. The minimum atomic E-state index is -4.96. The third-order valence-corrected chi connectivity index (χ3v) is 9.29.